The molecule has 0 atom stereocenters. The van der Waals surface area contributed by atoms with Crippen LogP contribution >= 0.6 is 0 Å². The van der Waals surface area contributed by atoms with Gasteiger partial charge in [-0.2, -0.15) is 0 Å². The van der Waals surface area contributed by atoms with Gasteiger partial charge in [-0.05, 0) is 13.8 Å². The minimum atomic E-state index is 0.592. The van der Waals surface area contributed by atoms with Crippen molar-refractivity contribution in [2.45, 2.75) is 20.4 Å². The molecular weight excluding hydrogens is 128 g/mol. The molecule has 0 saturated carbocycles. The van der Waals surface area contributed by atoms with Crippen LogP contribution in [0.3, 0.4) is 0 Å². The molecule has 0 aliphatic carbocycles. The van der Waals surface area contributed by atoms with Gasteiger partial charge in [-0.1, -0.05) is 0 Å². The number of nitrogens with one attached hydrogen (secondary N) is 2. The molecule has 0 saturated heterocycles. The summed E-state index contributed by atoms with van der Waals surface area (Å²) in [4.78, 5) is 7.29. The van der Waals surface area contributed by atoms with Gasteiger partial charge in [0.2, 0.25) is 0 Å². The fourth-order valence-corrected chi connectivity index (χ4v) is 0.802. The quantitative estimate of drug-likeness (QED) is 0.400. The lowest BCUT2D eigenvalue weighted by Crippen LogP contribution is -2.21. The predicted molar refractivity (Wildman–Crippen MR) is 39.1 cm³/mol. The number of hydrazine groups is 1. The molecule has 4 N–H and O–H groups in total. The lowest BCUT2D eigenvalue weighted by atomic mass is 10.4. The second-order valence-corrected chi connectivity index (χ2v) is 2.27. The Kier molecular flexibility index (Phi) is 2.03. The SMILES string of the molecule is Cc1nc(CNN)[nH]c1C. The number of aryl methyl sites for hydroxylation is 2. The summed E-state index contributed by atoms with van der Waals surface area (Å²) in [7, 11) is 0. The van der Waals surface area contributed by atoms with Crippen LogP contribution < -0.4 is 11.3 Å². The Morgan fingerprint density at radius 3 is 2.70 bits per heavy atom. The monoisotopic (exact) mass is 140 g/mol. The number of nitrogens with two attached hydrogens (primary N) is 1. The molecule has 0 aromatic carbocycles. The van der Waals surface area contributed by atoms with Crippen LogP contribution in [0.1, 0.15) is 17.2 Å². The van der Waals surface area contributed by atoms with Crippen molar-refractivity contribution in [3.05, 3.63) is 17.2 Å². The molecule has 0 amide bonds. The number of aromatic amines is 1. The number of imidazole rings is 1. The number of hydrogen-bond acceptors (Lipinski definition) is 3. The Morgan fingerprint density at radius 2 is 2.30 bits per heavy atom. The summed E-state index contributed by atoms with van der Waals surface area (Å²) >= 11 is 0. The average molecular weight is 140 g/mol. The smallest absolute Gasteiger partial charge is 0.121 e. The van der Waals surface area contributed by atoms with Crippen LogP contribution in [0, 0.1) is 13.8 Å². The van der Waals surface area contributed by atoms with Crippen molar-refractivity contribution in [1.29, 1.82) is 0 Å². The summed E-state index contributed by atoms with van der Waals surface area (Å²) in [5.74, 6) is 6.00. The van der Waals surface area contributed by atoms with Gasteiger partial charge >= 0.3 is 0 Å². The van der Waals surface area contributed by atoms with E-state index in [-0.39, 0.29) is 0 Å². The van der Waals surface area contributed by atoms with Gasteiger partial charge in [0.05, 0.1) is 12.2 Å². The van der Waals surface area contributed by atoms with E-state index in [0.29, 0.717) is 6.54 Å². The zero-order valence-corrected chi connectivity index (χ0v) is 6.23. The second kappa shape index (κ2) is 2.81. The number of rotatable bonds is 2. The van der Waals surface area contributed by atoms with E-state index in [1.165, 1.54) is 0 Å². The van der Waals surface area contributed by atoms with Crippen LogP contribution in [0.4, 0.5) is 0 Å². The van der Waals surface area contributed by atoms with Crippen LogP contribution in [0.2, 0.25) is 0 Å². The molecule has 4 nitrogen and oxygen atoms in total. The predicted octanol–water partition coefficient (Wildman–Crippen LogP) is -0.0102. The standard InChI is InChI=1S/C6H12N4/c1-4-5(2)10-6(9-4)3-8-7/h8H,3,7H2,1-2H3,(H,9,10). The molecule has 0 aliphatic heterocycles. The summed E-state index contributed by atoms with van der Waals surface area (Å²) in [5.41, 5.74) is 4.67. The highest BCUT2D eigenvalue weighted by Crippen LogP contribution is 2.01. The number of H-pyrrole nitrogens is 1. The van der Waals surface area contributed by atoms with Crippen molar-refractivity contribution < 1.29 is 0 Å². The van der Waals surface area contributed by atoms with Crippen molar-refractivity contribution in [1.82, 2.24) is 15.4 Å². The minimum absolute atomic E-state index is 0.592. The number of hydrogen-bond donors (Lipinski definition) is 3. The van der Waals surface area contributed by atoms with E-state index in [4.69, 9.17) is 5.84 Å². The molecule has 0 unspecified atom stereocenters. The fourth-order valence-electron chi connectivity index (χ4n) is 0.802. The normalized spacial score (nSPS) is 10.3. The summed E-state index contributed by atoms with van der Waals surface area (Å²) in [6, 6.07) is 0. The molecule has 4 heteroatoms. The third-order valence-electron chi connectivity index (χ3n) is 1.45. The van der Waals surface area contributed by atoms with Crippen LogP contribution in [-0.4, -0.2) is 9.97 Å². The van der Waals surface area contributed by atoms with E-state index in [9.17, 15) is 0 Å². The first kappa shape index (κ1) is 7.24. The highest BCUT2D eigenvalue weighted by molar-refractivity contribution is 5.10. The molecule has 56 valence electrons. The molecule has 10 heavy (non-hydrogen) atoms. The molecule has 1 aromatic heterocycles. The van der Waals surface area contributed by atoms with E-state index in [0.717, 1.165) is 17.2 Å². The summed E-state index contributed by atoms with van der Waals surface area (Å²) in [5, 5.41) is 0. The minimum Gasteiger partial charge on any atom is -0.345 e. The van der Waals surface area contributed by atoms with Gasteiger partial charge in [0.1, 0.15) is 5.82 Å². The van der Waals surface area contributed by atoms with E-state index >= 15 is 0 Å². The van der Waals surface area contributed by atoms with Crippen LogP contribution in [0.25, 0.3) is 0 Å². The fraction of sp³-hybridized carbons (Fsp3) is 0.500. The summed E-state index contributed by atoms with van der Waals surface area (Å²) in [6.07, 6.45) is 0. The van der Waals surface area contributed by atoms with E-state index in [1.54, 1.807) is 0 Å². The van der Waals surface area contributed by atoms with Gasteiger partial charge in [0.15, 0.2) is 0 Å². The van der Waals surface area contributed by atoms with Gasteiger partial charge in [0.25, 0.3) is 0 Å². The maximum absolute atomic E-state index is 5.11. The molecule has 0 radical (unpaired) electrons. The number of nitrogens with zero attached hydrogens (tertiary/aromatic N) is 1. The van der Waals surface area contributed by atoms with Crippen LogP contribution in [-0.2, 0) is 6.54 Å². The molecule has 0 spiro atoms. The zero-order valence-electron chi connectivity index (χ0n) is 6.23. The van der Waals surface area contributed by atoms with Gasteiger partial charge in [0, 0.05) is 5.69 Å². The Labute approximate surface area is 59.8 Å². The van der Waals surface area contributed by atoms with Gasteiger partial charge < -0.3 is 4.98 Å². The molecule has 1 aromatic rings. The lowest BCUT2D eigenvalue weighted by molar-refractivity contribution is 0.707. The highest BCUT2D eigenvalue weighted by atomic mass is 15.2. The zero-order chi connectivity index (χ0) is 7.56. The highest BCUT2D eigenvalue weighted by Gasteiger charge is 1.99. The Bertz CT molecular complexity index is 196. The van der Waals surface area contributed by atoms with E-state index in [1.807, 2.05) is 13.8 Å². The molecule has 1 heterocycles. The molecule has 0 fully saturated rings. The van der Waals surface area contributed by atoms with Crippen molar-refractivity contribution in [3.8, 4) is 0 Å². The second-order valence-electron chi connectivity index (χ2n) is 2.27. The van der Waals surface area contributed by atoms with E-state index < -0.39 is 0 Å². The summed E-state index contributed by atoms with van der Waals surface area (Å²) in [6.45, 7) is 4.54. The van der Waals surface area contributed by atoms with Crippen molar-refractivity contribution in [2.75, 3.05) is 0 Å². The Hall–Kier alpha value is -0.870. The molecular formula is C6H12N4. The Balaban J connectivity index is 2.77. The largest absolute Gasteiger partial charge is 0.345 e. The molecule has 0 bridgehead atoms. The first-order chi connectivity index (χ1) is 4.74. The maximum atomic E-state index is 5.11. The third-order valence-corrected chi connectivity index (χ3v) is 1.45. The average Bonchev–Trinajstić information content (AvgIpc) is 2.14. The van der Waals surface area contributed by atoms with Crippen LogP contribution in [0.15, 0.2) is 0 Å². The maximum Gasteiger partial charge on any atom is 0.121 e. The van der Waals surface area contributed by atoms with Crippen molar-refractivity contribution in [3.63, 3.8) is 0 Å². The van der Waals surface area contributed by atoms with Gasteiger partial charge in [-0.15, -0.1) is 0 Å². The first-order valence-corrected chi connectivity index (χ1v) is 3.19. The third kappa shape index (κ3) is 1.34. The molecule has 1 rings (SSSR count). The van der Waals surface area contributed by atoms with Crippen LogP contribution in [0.5, 0.6) is 0 Å². The topological polar surface area (TPSA) is 66.7 Å². The molecule has 0 aliphatic rings. The lowest BCUT2D eigenvalue weighted by Gasteiger charge is -1.90. The number of aromatic nitrogens is 2. The van der Waals surface area contributed by atoms with Crippen molar-refractivity contribution in [2.24, 2.45) is 5.84 Å². The summed E-state index contributed by atoms with van der Waals surface area (Å²) < 4.78 is 0. The van der Waals surface area contributed by atoms with E-state index in [2.05, 4.69) is 15.4 Å². The Morgan fingerprint density at radius 1 is 1.60 bits per heavy atom. The van der Waals surface area contributed by atoms with Gasteiger partial charge in [-0.3, -0.25) is 11.3 Å². The van der Waals surface area contributed by atoms with Gasteiger partial charge in [-0.25, -0.2) is 4.98 Å². The first-order valence-electron chi connectivity index (χ1n) is 3.19. The van der Waals surface area contributed by atoms with Crippen molar-refractivity contribution >= 4 is 0 Å².